The highest BCUT2D eigenvalue weighted by atomic mass is 35.5. The van der Waals surface area contributed by atoms with Crippen LogP contribution in [-0.4, -0.2) is 42.4 Å². The van der Waals surface area contributed by atoms with Crippen molar-refractivity contribution in [1.82, 2.24) is 19.5 Å². The van der Waals surface area contributed by atoms with Crippen LogP contribution in [0.4, 0.5) is 11.8 Å². The summed E-state index contributed by atoms with van der Waals surface area (Å²) in [6, 6.07) is 4.71. The summed E-state index contributed by atoms with van der Waals surface area (Å²) >= 11 is 6.01. The van der Waals surface area contributed by atoms with Gasteiger partial charge in [0, 0.05) is 24.2 Å². The predicted octanol–water partition coefficient (Wildman–Crippen LogP) is 2.76. The highest BCUT2D eigenvalue weighted by Crippen LogP contribution is 2.25. The molecule has 9 heteroatoms. The van der Waals surface area contributed by atoms with E-state index in [9.17, 15) is 10.2 Å². The number of imidazole rings is 1. The number of rotatable bonds is 7. The number of nitrogens with zero attached hydrogens (tertiary/aromatic N) is 4. The molecule has 0 spiro atoms. The van der Waals surface area contributed by atoms with Gasteiger partial charge in [-0.3, -0.25) is 0 Å². The molecular weight excluding hydrogens is 368 g/mol. The van der Waals surface area contributed by atoms with Crippen molar-refractivity contribution < 1.29 is 10.2 Å². The Labute approximate surface area is 162 Å². The number of anilines is 2. The summed E-state index contributed by atoms with van der Waals surface area (Å²) in [4.78, 5) is 13.4. The van der Waals surface area contributed by atoms with Crippen LogP contribution in [0.15, 0.2) is 24.5 Å². The minimum absolute atomic E-state index is 0.0242. The topological polar surface area (TPSA) is 108 Å². The van der Waals surface area contributed by atoms with E-state index in [0.29, 0.717) is 40.1 Å². The van der Waals surface area contributed by atoms with Crippen LogP contribution in [0, 0.1) is 5.92 Å². The maximum atomic E-state index is 10.0. The van der Waals surface area contributed by atoms with E-state index in [1.807, 2.05) is 20.9 Å². The van der Waals surface area contributed by atoms with Gasteiger partial charge in [0.1, 0.15) is 5.75 Å². The van der Waals surface area contributed by atoms with E-state index in [1.54, 1.807) is 29.1 Å². The number of fused-ring (bicyclic) bond motifs is 1. The van der Waals surface area contributed by atoms with Gasteiger partial charge < -0.3 is 25.4 Å². The fraction of sp³-hybridized carbons (Fsp3) is 0.389. The van der Waals surface area contributed by atoms with Gasteiger partial charge in [0.15, 0.2) is 17.0 Å². The van der Waals surface area contributed by atoms with Crippen LogP contribution < -0.4 is 10.6 Å². The molecule has 2 aromatic heterocycles. The van der Waals surface area contributed by atoms with Gasteiger partial charge in [-0.05, 0) is 24.1 Å². The Hall–Kier alpha value is -2.58. The molecule has 2 heterocycles. The molecule has 0 amide bonds. The molecule has 3 rings (SSSR count). The van der Waals surface area contributed by atoms with Gasteiger partial charge in [-0.25, -0.2) is 4.98 Å². The molecule has 8 nitrogen and oxygen atoms in total. The predicted molar refractivity (Wildman–Crippen MR) is 106 cm³/mol. The molecule has 3 aromatic rings. The molecule has 0 aliphatic heterocycles. The van der Waals surface area contributed by atoms with E-state index in [-0.39, 0.29) is 24.3 Å². The second-order valence-corrected chi connectivity index (χ2v) is 7.16. The minimum atomic E-state index is -0.166. The van der Waals surface area contributed by atoms with Crippen LogP contribution in [0.2, 0.25) is 5.02 Å². The van der Waals surface area contributed by atoms with E-state index in [0.717, 1.165) is 0 Å². The van der Waals surface area contributed by atoms with Crippen molar-refractivity contribution >= 4 is 34.5 Å². The summed E-state index contributed by atoms with van der Waals surface area (Å²) in [5, 5.41) is 26.5. The summed E-state index contributed by atoms with van der Waals surface area (Å²) in [6.07, 6.45) is 1.66. The number of aryl methyl sites for hydroxylation is 1. The van der Waals surface area contributed by atoms with Gasteiger partial charge >= 0.3 is 0 Å². The Morgan fingerprint density at radius 2 is 2.04 bits per heavy atom. The van der Waals surface area contributed by atoms with E-state index >= 15 is 0 Å². The minimum Gasteiger partial charge on any atom is -0.508 e. The molecule has 0 aliphatic rings. The number of nitrogens with one attached hydrogen (secondary N) is 2. The third-order valence-electron chi connectivity index (χ3n) is 4.36. The summed E-state index contributed by atoms with van der Waals surface area (Å²) in [7, 11) is 1.85. The van der Waals surface area contributed by atoms with Crippen LogP contribution in [-0.2, 0) is 13.6 Å². The largest absolute Gasteiger partial charge is 0.508 e. The number of hydrogen-bond donors (Lipinski definition) is 4. The van der Waals surface area contributed by atoms with E-state index in [1.165, 1.54) is 0 Å². The normalized spacial score (nSPS) is 12.5. The zero-order valence-corrected chi connectivity index (χ0v) is 16.2. The zero-order chi connectivity index (χ0) is 19.6. The number of phenolic OH excluding ortho intramolecular Hbond substituents is 1. The van der Waals surface area contributed by atoms with Crippen LogP contribution >= 0.6 is 11.6 Å². The number of aromatic nitrogens is 4. The summed E-state index contributed by atoms with van der Waals surface area (Å²) in [5.74, 6) is 1.29. The summed E-state index contributed by atoms with van der Waals surface area (Å²) in [5.41, 5.74) is 1.93. The molecule has 0 aliphatic carbocycles. The van der Waals surface area contributed by atoms with Crippen LogP contribution in [0.5, 0.6) is 5.75 Å². The molecule has 1 unspecified atom stereocenters. The third-order valence-corrected chi connectivity index (χ3v) is 4.60. The zero-order valence-electron chi connectivity index (χ0n) is 15.4. The number of aliphatic hydroxyl groups excluding tert-OH is 1. The highest BCUT2D eigenvalue weighted by molar-refractivity contribution is 6.30. The first-order chi connectivity index (χ1) is 12.9. The second kappa shape index (κ2) is 7.98. The van der Waals surface area contributed by atoms with Gasteiger partial charge in [-0.15, -0.1) is 0 Å². The number of aliphatic hydroxyl groups is 1. The van der Waals surface area contributed by atoms with Gasteiger partial charge in [-0.1, -0.05) is 25.4 Å². The maximum absolute atomic E-state index is 10.0. The molecule has 0 saturated heterocycles. The lowest BCUT2D eigenvalue weighted by Gasteiger charge is -2.20. The molecule has 0 radical (unpaired) electrons. The van der Waals surface area contributed by atoms with Crippen molar-refractivity contribution in [1.29, 1.82) is 0 Å². The molecule has 0 bridgehead atoms. The number of phenols is 1. The van der Waals surface area contributed by atoms with Crippen molar-refractivity contribution in [3.63, 3.8) is 0 Å². The van der Waals surface area contributed by atoms with Crippen LogP contribution in [0.3, 0.4) is 0 Å². The molecule has 1 atom stereocenters. The smallest absolute Gasteiger partial charge is 0.227 e. The Balaban J connectivity index is 1.92. The van der Waals surface area contributed by atoms with Crippen LogP contribution in [0.1, 0.15) is 19.4 Å². The van der Waals surface area contributed by atoms with Crippen LogP contribution in [0.25, 0.3) is 11.2 Å². The first-order valence-corrected chi connectivity index (χ1v) is 9.04. The van der Waals surface area contributed by atoms with Crippen molar-refractivity contribution in [2.75, 3.05) is 17.2 Å². The van der Waals surface area contributed by atoms with Gasteiger partial charge in [-0.2, -0.15) is 9.97 Å². The molecule has 27 heavy (non-hydrogen) atoms. The first kappa shape index (κ1) is 19.2. The van der Waals surface area contributed by atoms with E-state index in [4.69, 9.17) is 11.6 Å². The fourth-order valence-electron chi connectivity index (χ4n) is 2.66. The summed E-state index contributed by atoms with van der Waals surface area (Å²) in [6.45, 7) is 4.32. The molecule has 4 N–H and O–H groups in total. The lowest BCUT2D eigenvalue weighted by atomic mass is 10.1. The number of aromatic hydroxyl groups is 1. The number of benzene rings is 1. The van der Waals surface area contributed by atoms with Crippen molar-refractivity contribution in [3.8, 4) is 5.75 Å². The monoisotopic (exact) mass is 390 g/mol. The SMILES string of the molecule is CC(C)C(CO)Nc1nc(NCc2cc(Cl)ccc2O)c2ncn(C)c2n1. The highest BCUT2D eigenvalue weighted by Gasteiger charge is 2.17. The third kappa shape index (κ3) is 4.23. The standard InChI is InChI=1S/C18H23ClN6O2/c1-10(2)13(8-26)22-18-23-16(15-17(24-18)25(3)9-21-15)20-7-11-6-12(19)4-5-14(11)27/h4-6,9-10,13,26-27H,7-8H2,1-3H3,(H2,20,22,23,24). The van der Waals surface area contributed by atoms with Crippen molar-refractivity contribution in [2.24, 2.45) is 13.0 Å². The number of hydrogen-bond acceptors (Lipinski definition) is 7. The molecule has 1 aromatic carbocycles. The average Bonchev–Trinajstić information content (AvgIpc) is 3.01. The maximum Gasteiger partial charge on any atom is 0.227 e. The Morgan fingerprint density at radius 3 is 2.74 bits per heavy atom. The Bertz CT molecular complexity index is 943. The lowest BCUT2D eigenvalue weighted by Crippen LogP contribution is -2.30. The van der Waals surface area contributed by atoms with Gasteiger partial charge in [0.2, 0.25) is 5.95 Å². The molecule has 144 valence electrons. The van der Waals surface area contributed by atoms with Gasteiger partial charge in [0.05, 0.1) is 19.0 Å². The quantitative estimate of drug-likeness (QED) is 0.491. The average molecular weight is 391 g/mol. The Kier molecular flexibility index (Phi) is 5.67. The lowest BCUT2D eigenvalue weighted by molar-refractivity contribution is 0.248. The van der Waals surface area contributed by atoms with Gasteiger partial charge in [0.25, 0.3) is 0 Å². The number of halogens is 1. The van der Waals surface area contributed by atoms with Crippen molar-refractivity contribution in [2.45, 2.75) is 26.4 Å². The fourth-order valence-corrected chi connectivity index (χ4v) is 2.85. The van der Waals surface area contributed by atoms with E-state index < -0.39 is 0 Å². The molecule has 0 saturated carbocycles. The molecular formula is C18H23ClN6O2. The first-order valence-electron chi connectivity index (χ1n) is 8.66. The molecule has 0 fully saturated rings. The Morgan fingerprint density at radius 1 is 1.26 bits per heavy atom. The summed E-state index contributed by atoms with van der Waals surface area (Å²) < 4.78 is 1.80. The van der Waals surface area contributed by atoms with E-state index in [2.05, 4.69) is 25.6 Å². The second-order valence-electron chi connectivity index (χ2n) is 6.73. The van der Waals surface area contributed by atoms with Crippen molar-refractivity contribution in [3.05, 3.63) is 35.1 Å².